The molecule has 1 aliphatic rings. The number of benzene rings is 2. The largest absolute Gasteiger partial charge is 0.351 e. The molecule has 4 nitrogen and oxygen atoms in total. The van der Waals surface area contributed by atoms with Gasteiger partial charge in [-0.15, -0.1) is 0 Å². The van der Waals surface area contributed by atoms with Gasteiger partial charge in [-0.25, -0.2) is 0 Å². The molecule has 1 saturated heterocycles. The summed E-state index contributed by atoms with van der Waals surface area (Å²) in [7, 11) is 0. The molecular formula is C26H22BrClN4S. The van der Waals surface area contributed by atoms with E-state index in [0.717, 1.165) is 32.9 Å². The van der Waals surface area contributed by atoms with E-state index >= 15 is 0 Å². The maximum absolute atomic E-state index is 6.18. The predicted molar refractivity (Wildman–Crippen MR) is 142 cm³/mol. The average Bonchev–Trinajstić information content (AvgIpc) is 3.31. The number of anilines is 1. The first-order valence-electron chi connectivity index (χ1n) is 10.7. The maximum Gasteiger partial charge on any atom is 0.174 e. The number of halogens is 2. The van der Waals surface area contributed by atoms with Crippen molar-refractivity contribution < 1.29 is 0 Å². The second-order valence-electron chi connectivity index (χ2n) is 8.09. The van der Waals surface area contributed by atoms with Gasteiger partial charge >= 0.3 is 0 Å². The summed E-state index contributed by atoms with van der Waals surface area (Å²) in [5, 5.41) is 4.90. The van der Waals surface area contributed by atoms with Gasteiger partial charge in [0.25, 0.3) is 0 Å². The Morgan fingerprint density at radius 2 is 1.73 bits per heavy atom. The summed E-state index contributed by atoms with van der Waals surface area (Å²) in [6, 6.07) is 24.2. The number of aromatic nitrogens is 2. The highest BCUT2D eigenvalue weighted by atomic mass is 79.9. The lowest BCUT2D eigenvalue weighted by molar-refractivity contribution is 0.565. The van der Waals surface area contributed by atoms with Gasteiger partial charge in [0.2, 0.25) is 0 Å². The normalized spacial score (nSPS) is 17.9. The van der Waals surface area contributed by atoms with Crippen LogP contribution in [-0.2, 0) is 0 Å². The standard InChI is InChI=1S/C26H22BrClN4S/c1-16-15-20(17(2)31(16)23-9-4-3-7-21(23)27)25-24(22-8-5-6-14-29-22)30-26(33)32(25)19-12-10-18(28)11-13-19/h3-15,24-25H,1-2H3,(H,30,33)/t24-,25-/m1/s1. The lowest BCUT2D eigenvalue weighted by atomic mass is 9.96. The van der Waals surface area contributed by atoms with E-state index < -0.39 is 0 Å². The number of hydrogen-bond donors (Lipinski definition) is 1. The molecule has 1 fully saturated rings. The first-order valence-corrected chi connectivity index (χ1v) is 12.2. The summed E-state index contributed by atoms with van der Waals surface area (Å²) in [6.07, 6.45) is 1.83. The Morgan fingerprint density at radius 3 is 2.42 bits per heavy atom. The van der Waals surface area contributed by atoms with Gasteiger partial charge in [0.05, 0.1) is 23.5 Å². The number of para-hydroxylation sites is 1. The number of nitrogens with zero attached hydrogens (tertiary/aromatic N) is 3. The SMILES string of the molecule is Cc1cc([C@@H]2[C@@H](c3ccccn3)NC(=S)N2c2ccc(Cl)cc2)c(C)n1-c1ccccc1Br. The van der Waals surface area contributed by atoms with Gasteiger partial charge in [0, 0.05) is 32.8 Å². The third-order valence-electron chi connectivity index (χ3n) is 6.09. The van der Waals surface area contributed by atoms with Crippen LogP contribution in [0.4, 0.5) is 5.69 Å². The summed E-state index contributed by atoms with van der Waals surface area (Å²) in [5.41, 5.74) is 6.57. The van der Waals surface area contributed by atoms with E-state index in [0.29, 0.717) is 10.1 Å². The molecule has 4 aromatic rings. The predicted octanol–water partition coefficient (Wildman–Crippen LogP) is 7.08. The lowest BCUT2D eigenvalue weighted by Crippen LogP contribution is -2.29. The molecule has 0 amide bonds. The molecule has 166 valence electrons. The Bertz CT molecular complexity index is 1320. The van der Waals surface area contributed by atoms with Crippen molar-refractivity contribution in [1.29, 1.82) is 0 Å². The number of nitrogens with one attached hydrogen (secondary N) is 1. The highest BCUT2D eigenvalue weighted by Gasteiger charge is 2.42. The Hall–Kier alpha value is -2.67. The molecule has 2 aromatic carbocycles. The molecular weight excluding hydrogens is 516 g/mol. The van der Waals surface area contributed by atoms with Crippen LogP contribution in [-0.4, -0.2) is 14.7 Å². The van der Waals surface area contributed by atoms with Gasteiger partial charge in [0.15, 0.2) is 5.11 Å². The molecule has 0 radical (unpaired) electrons. The fourth-order valence-electron chi connectivity index (χ4n) is 4.64. The summed E-state index contributed by atoms with van der Waals surface area (Å²) in [5.74, 6) is 0. The number of pyridine rings is 1. The molecule has 3 heterocycles. The van der Waals surface area contributed by atoms with Crippen LogP contribution in [0.1, 0.15) is 34.7 Å². The van der Waals surface area contributed by atoms with E-state index in [-0.39, 0.29) is 12.1 Å². The van der Waals surface area contributed by atoms with Crippen molar-refractivity contribution in [2.45, 2.75) is 25.9 Å². The average molecular weight is 538 g/mol. The van der Waals surface area contributed by atoms with Crippen LogP contribution in [0.3, 0.4) is 0 Å². The van der Waals surface area contributed by atoms with Gasteiger partial charge in [-0.1, -0.05) is 29.8 Å². The van der Waals surface area contributed by atoms with E-state index in [1.807, 2.05) is 54.7 Å². The number of hydrogen-bond acceptors (Lipinski definition) is 2. The van der Waals surface area contributed by atoms with Crippen LogP contribution in [0, 0.1) is 13.8 Å². The molecule has 2 atom stereocenters. The van der Waals surface area contributed by atoms with Gasteiger partial charge < -0.3 is 14.8 Å². The van der Waals surface area contributed by atoms with E-state index in [2.05, 4.69) is 73.8 Å². The second kappa shape index (κ2) is 8.93. The number of thiocarbonyl (C=S) groups is 1. The zero-order valence-electron chi connectivity index (χ0n) is 18.2. The smallest absolute Gasteiger partial charge is 0.174 e. The van der Waals surface area contributed by atoms with Crippen molar-refractivity contribution in [3.63, 3.8) is 0 Å². The molecule has 0 bridgehead atoms. The molecule has 5 rings (SSSR count). The molecule has 33 heavy (non-hydrogen) atoms. The molecule has 0 aliphatic carbocycles. The Labute approximate surface area is 212 Å². The molecule has 1 N–H and O–H groups in total. The minimum absolute atomic E-state index is 0.0731. The zero-order valence-corrected chi connectivity index (χ0v) is 21.3. The van der Waals surface area contributed by atoms with Crippen LogP contribution in [0.15, 0.2) is 83.5 Å². The molecule has 7 heteroatoms. The van der Waals surface area contributed by atoms with Gasteiger partial charge in [-0.3, -0.25) is 4.98 Å². The summed E-state index contributed by atoms with van der Waals surface area (Å²) in [4.78, 5) is 6.84. The first kappa shape index (κ1) is 22.1. The van der Waals surface area contributed by atoms with Gasteiger partial charge in [0.1, 0.15) is 0 Å². The van der Waals surface area contributed by atoms with Crippen molar-refractivity contribution in [3.8, 4) is 5.69 Å². The second-order valence-corrected chi connectivity index (χ2v) is 9.76. The van der Waals surface area contributed by atoms with E-state index in [4.69, 9.17) is 23.8 Å². The van der Waals surface area contributed by atoms with Gasteiger partial charge in [-0.05, 0) is 102 Å². The number of rotatable bonds is 4. The Balaban J connectivity index is 1.69. The topological polar surface area (TPSA) is 33.1 Å². The van der Waals surface area contributed by atoms with Crippen molar-refractivity contribution in [1.82, 2.24) is 14.9 Å². The Morgan fingerprint density at radius 1 is 1.00 bits per heavy atom. The van der Waals surface area contributed by atoms with Crippen molar-refractivity contribution in [2.75, 3.05) is 4.90 Å². The maximum atomic E-state index is 6.18. The highest BCUT2D eigenvalue weighted by Crippen LogP contribution is 2.44. The first-order chi connectivity index (χ1) is 16.0. The molecule has 1 aliphatic heterocycles. The van der Waals surface area contributed by atoms with Crippen LogP contribution in [0.25, 0.3) is 5.69 Å². The third-order valence-corrected chi connectivity index (χ3v) is 7.32. The fraction of sp³-hybridized carbons (Fsp3) is 0.154. The van der Waals surface area contributed by atoms with Crippen molar-refractivity contribution in [3.05, 3.63) is 111 Å². The van der Waals surface area contributed by atoms with E-state index in [1.165, 1.54) is 5.56 Å². The summed E-state index contributed by atoms with van der Waals surface area (Å²) < 4.78 is 3.34. The fourth-order valence-corrected chi connectivity index (χ4v) is 5.58. The van der Waals surface area contributed by atoms with Crippen LogP contribution in [0.2, 0.25) is 5.02 Å². The third kappa shape index (κ3) is 3.97. The lowest BCUT2D eigenvalue weighted by Gasteiger charge is -2.28. The number of aryl methyl sites for hydroxylation is 1. The van der Waals surface area contributed by atoms with E-state index in [9.17, 15) is 0 Å². The van der Waals surface area contributed by atoms with Crippen LogP contribution >= 0.6 is 39.7 Å². The monoisotopic (exact) mass is 536 g/mol. The highest BCUT2D eigenvalue weighted by molar-refractivity contribution is 9.10. The zero-order chi connectivity index (χ0) is 23.1. The summed E-state index contributed by atoms with van der Waals surface area (Å²) >= 11 is 15.7. The quantitative estimate of drug-likeness (QED) is 0.282. The van der Waals surface area contributed by atoms with Crippen LogP contribution in [0.5, 0.6) is 0 Å². The molecule has 0 saturated carbocycles. The minimum Gasteiger partial charge on any atom is -0.351 e. The van der Waals surface area contributed by atoms with Gasteiger partial charge in [-0.2, -0.15) is 0 Å². The van der Waals surface area contributed by atoms with Crippen molar-refractivity contribution >= 4 is 50.5 Å². The van der Waals surface area contributed by atoms with E-state index in [1.54, 1.807) is 0 Å². The molecule has 0 unspecified atom stereocenters. The summed E-state index contributed by atoms with van der Waals surface area (Å²) in [6.45, 7) is 4.30. The van der Waals surface area contributed by atoms with Crippen LogP contribution < -0.4 is 10.2 Å². The van der Waals surface area contributed by atoms with Crippen molar-refractivity contribution in [2.24, 2.45) is 0 Å². The Kier molecular flexibility index (Phi) is 5.99. The minimum atomic E-state index is -0.0949. The molecule has 0 spiro atoms. The molecule has 2 aromatic heterocycles.